The Morgan fingerprint density at radius 2 is 1.20 bits per heavy atom. The molecule has 0 fully saturated rings. The molecule has 0 radical (unpaired) electrons. The van der Waals surface area contributed by atoms with Crippen LogP contribution in [0.25, 0.3) is 0 Å². The summed E-state index contributed by atoms with van der Waals surface area (Å²) in [7, 11) is 6.90. The number of esters is 1. The molecule has 15 nitrogen and oxygen atoms in total. The second-order valence-electron chi connectivity index (χ2n) is 5.96. The van der Waals surface area contributed by atoms with E-state index in [-0.39, 0.29) is 69.7 Å². The van der Waals surface area contributed by atoms with Crippen LogP contribution in [0.3, 0.4) is 0 Å². The van der Waals surface area contributed by atoms with Gasteiger partial charge in [0.1, 0.15) is 11.5 Å². The third-order valence-corrected chi connectivity index (χ3v) is 4.16. The fourth-order valence-electron chi connectivity index (χ4n) is 2.67. The van der Waals surface area contributed by atoms with E-state index in [0.29, 0.717) is 0 Å². The summed E-state index contributed by atoms with van der Waals surface area (Å²) in [5, 5.41) is 35.7. The number of carboxylic acids is 1. The largest absolute Gasteiger partial charge is 1.00 e. The Morgan fingerprint density at radius 1 is 0.829 bits per heavy atom. The van der Waals surface area contributed by atoms with Crippen LogP contribution in [-0.2, 0) is 4.74 Å². The van der Waals surface area contributed by atoms with Gasteiger partial charge in [0.2, 0.25) is 0 Å². The molecule has 0 amide bonds. The van der Waals surface area contributed by atoms with E-state index in [2.05, 4.69) is 15.4 Å². The summed E-state index contributed by atoms with van der Waals surface area (Å²) < 4.78 is 14.4. The van der Waals surface area contributed by atoms with Crippen LogP contribution >= 0.6 is 0 Å². The van der Waals surface area contributed by atoms with Crippen LogP contribution < -0.4 is 39.0 Å². The molecule has 0 saturated heterocycles. The van der Waals surface area contributed by atoms with E-state index in [1.165, 1.54) is 47.6 Å². The zero-order chi connectivity index (χ0) is 25.3. The number of ether oxygens (including phenoxy) is 3. The molecular formula is C19H23LiN4O11. The number of aromatic carboxylic acids is 1. The topological polar surface area (TPSA) is 222 Å². The van der Waals surface area contributed by atoms with Crippen LogP contribution in [0.5, 0.6) is 11.5 Å². The molecule has 16 heteroatoms. The van der Waals surface area contributed by atoms with Crippen LogP contribution in [0.2, 0.25) is 0 Å². The molecule has 4 N–H and O–H groups in total. The van der Waals surface area contributed by atoms with E-state index < -0.39 is 21.8 Å². The zero-order valence-corrected chi connectivity index (χ0v) is 19.8. The molecule has 0 spiro atoms. The Labute approximate surface area is 211 Å². The van der Waals surface area contributed by atoms with Gasteiger partial charge in [0.25, 0.3) is 11.4 Å². The molecule has 2 aromatic carbocycles. The smallest absolute Gasteiger partial charge is 0.870 e. The summed E-state index contributed by atoms with van der Waals surface area (Å²) in [5.74, 6) is -1.57. The van der Waals surface area contributed by atoms with Gasteiger partial charge >= 0.3 is 30.8 Å². The van der Waals surface area contributed by atoms with E-state index in [0.717, 1.165) is 12.1 Å². The molecule has 186 valence electrons. The van der Waals surface area contributed by atoms with E-state index in [4.69, 9.17) is 14.6 Å². The summed E-state index contributed by atoms with van der Waals surface area (Å²) in [4.78, 5) is 42.4. The van der Waals surface area contributed by atoms with Crippen molar-refractivity contribution in [1.29, 1.82) is 0 Å². The molecule has 35 heavy (non-hydrogen) atoms. The normalized spacial score (nSPS) is 9.06. The standard InChI is InChI=1S/C10H12N2O5.C9H10N2O5.Li.H2O/c1-11-9-7(12(14)15)4-6(10(13)17-3)5-8(9)16-2;1-10-8-6(11(14)15)3-5(9(12)13)4-7(8)16-2;;/h4-5,11H,1-3H3;3-4,10H,1-2H3,(H,12,13);;1H2/q;;+1;/p-1. The number of rotatable bonds is 8. The minimum absolute atomic E-state index is 0. The fourth-order valence-corrected chi connectivity index (χ4v) is 2.67. The van der Waals surface area contributed by atoms with Crippen molar-refractivity contribution in [2.45, 2.75) is 0 Å². The van der Waals surface area contributed by atoms with Crippen molar-refractivity contribution in [1.82, 2.24) is 0 Å². The Kier molecular flexibility index (Phi) is 14.2. The van der Waals surface area contributed by atoms with Gasteiger partial charge in [-0.3, -0.25) is 20.2 Å². The summed E-state index contributed by atoms with van der Waals surface area (Å²) in [5.41, 5.74) is -0.341. The number of nitrogens with one attached hydrogen (secondary N) is 2. The number of carbonyl (C=O) groups excluding carboxylic acids is 1. The molecule has 2 aromatic rings. The first-order valence-corrected chi connectivity index (χ1v) is 8.96. The van der Waals surface area contributed by atoms with Crippen LogP contribution in [-0.4, -0.2) is 67.8 Å². The minimum atomic E-state index is -1.25. The third-order valence-electron chi connectivity index (χ3n) is 4.16. The maximum atomic E-state index is 11.3. The van der Waals surface area contributed by atoms with Crippen molar-refractivity contribution < 1.29 is 63.1 Å². The van der Waals surface area contributed by atoms with Crippen LogP contribution in [0.4, 0.5) is 22.7 Å². The number of hydrogen-bond acceptors (Lipinski definition) is 12. The quantitative estimate of drug-likeness (QED) is 0.186. The van der Waals surface area contributed by atoms with Crippen molar-refractivity contribution in [3.8, 4) is 11.5 Å². The molecule has 0 aliphatic rings. The monoisotopic (exact) mass is 490 g/mol. The number of benzene rings is 2. The summed E-state index contributed by atoms with van der Waals surface area (Å²) in [6.07, 6.45) is 0. The number of hydrogen-bond donors (Lipinski definition) is 3. The molecular weight excluding hydrogens is 467 g/mol. The SMILES string of the molecule is CNc1c(OC)cc(C(=O)O)cc1[N+](=O)[O-].CNc1c(OC)cc(C(=O)OC)cc1[N+](=O)[O-].[Li+].[OH-]. The van der Waals surface area contributed by atoms with Gasteiger partial charge in [0.05, 0.1) is 42.3 Å². The van der Waals surface area contributed by atoms with E-state index in [1.807, 2.05) is 0 Å². The second-order valence-corrected chi connectivity index (χ2v) is 5.96. The van der Waals surface area contributed by atoms with Crippen LogP contribution in [0.1, 0.15) is 20.7 Å². The summed E-state index contributed by atoms with van der Waals surface area (Å²) >= 11 is 0. The number of anilines is 2. The molecule has 0 aliphatic heterocycles. The maximum Gasteiger partial charge on any atom is 1.00 e. The zero-order valence-electron chi connectivity index (χ0n) is 19.8. The molecule has 0 unspecified atom stereocenters. The van der Waals surface area contributed by atoms with Gasteiger partial charge in [0.15, 0.2) is 11.4 Å². The average Bonchev–Trinajstić information content (AvgIpc) is 2.81. The summed E-state index contributed by atoms with van der Waals surface area (Å²) in [6, 6.07) is 4.72. The molecule has 2 rings (SSSR count). The van der Waals surface area contributed by atoms with Crippen molar-refractivity contribution in [2.75, 3.05) is 46.1 Å². The van der Waals surface area contributed by atoms with Gasteiger partial charge in [-0.2, -0.15) is 0 Å². The minimum Gasteiger partial charge on any atom is -0.870 e. The van der Waals surface area contributed by atoms with Gasteiger partial charge in [-0.05, 0) is 12.1 Å². The van der Waals surface area contributed by atoms with Crippen LogP contribution in [0, 0.1) is 20.2 Å². The maximum absolute atomic E-state index is 11.3. The van der Waals surface area contributed by atoms with Gasteiger partial charge in [0, 0.05) is 26.2 Å². The van der Waals surface area contributed by atoms with E-state index in [9.17, 15) is 29.8 Å². The number of carbonyl (C=O) groups is 2. The first kappa shape index (κ1) is 33.1. The van der Waals surface area contributed by atoms with Crippen LogP contribution in [0.15, 0.2) is 24.3 Å². The average molecular weight is 490 g/mol. The van der Waals surface area contributed by atoms with Gasteiger partial charge in [-0.15, -0.1) is 0 Å². The molecule has 0 aliphatic carbocycles. The van der Waals surface area contributed by atoms with E-state index >= 15 is 0 Å². The molecule has 0 heterocycles. The van der Waals surface area contributed by atoms with Gasteiger partial charge in [-0.1, -0.05) is 0 Å². The van der Waals surface area contributed by atoms with Gasteiger partial charge < -0.3 is 35.4 Å². The molecule has 0 saturated carbocycles. The first-order chi connectivity index (χ1) is 15.6. The predicted molar refractivity (Wildman–Crippen MR) is 119 cm³/mol. The number of carboxylic acid groups (broad SMARTS) is 1. The number of nitro benzene ring substituents is 2. The Hall–Kier alpha value is -4.06. The van der Waals surface area contributed by atoms with Crippen molar-refractivity contribution >= 4 is 34.7 Å². The second kappa shape index (κ2) is 15.0. The van der Waals surface area contributed by atoms with E-state index in [1.54, 1.807) is 0 Å². The van der Waals surface area contributed by atoms with Gasteiger partial charge in [-0.25, -0.2) is 9.59 Å². The van der Waals surface area contributed by atoms with Crippen molar-refractivity contribution in [2.24, 2.45) is 0 Å². The third kappa shape index (κ3) is 8.03. The molecule has 0 bridgehead atoms. The Bertz CT molecular complexity index is 1080. The number of nitrogens with zero attached hydrogens (tertiary/aromatic N) is 2. The number of methoxy groups -OCH3 is 3. The number of nitro groups is 2. The Balaban J connectivity index is 0. The molecule has 0 aromatic heterocycles. The fraction of sp³-hybridized carbons (Fsp3) is 0.263. The Morgan fingerprint density at radius 3 is 1.49 bits per heavy atom. The van der Waals surface area contributed by atoms with Crippen molar-refractivity contribution in [3.05, 3.63) is 55.6 Å². The first-order valence-electron chi connectivity index (χ1n) is 8.96. The predicted octanol–water partition coefficient (Wildman–Crippen LogP) is -0.398. The van der Waals surface area contributed by atoms with Crippen molar-refractivity contribution in [3.63, 3.8) is 0 Å². The summed E-state index contributed by atoms with van der Waals surface area (Å²) in [6.45, 7) is 0. The molecule has 0 atom stereocenters.